The number of carbonyl (C=O) groups excluding carboxylic acids is 1. The number of H-pyrrole nitrogens is 1. The van der Waals surface area contributed by atoms with Gasteiger partial charge < -0.3 is 14.8 Å². The number of hydrogen-bond acceptors (Lipinski definition) is 4. The number of carboxylic acid groups (broad SMARTS) is 1. The Kier molecular flexibility index (Phi) is 5.24. The molecule has 29 heavy (non-hydrogen) atoms. The number of hydrogen-bond donors (Lipinski definition) is 2. The predicted molar refractivity (Wildman–Crippen MR) is 108 cm³/mol. The van der Waals surface area contributed by atoms with E-state index in [1.54, 1.807) is 36.8 Å². The second-order valence-corrected chi connectivity index (χ2v) is 7.00. The summed E-state index contributed by atoms with van der Waals surface area (Å²) in [5.74, 6) is -0.127. The van der Waals surface area contributed by atoms with Crippen LogP contribution in [0.3, 0.4) is 0 Å². The van der Waals surface area contributed by atoms with Crippen LogP contribution in [0.25, 0.3) is 6.08 Å². The molecule has 4 rings (SSSR count). The van der Waals surface area contributed by atoms with Crippen molar-refractivity contribution in [3.8, 4) is 5.75 Å². The Morgan fingerprint density at radius 1 is 1.17 bits per heavy atom. The van der Waals surface area contributed by atoms with Crippen molar-refractivity contribution in [3.63, 3.8) is 0 Å². The van der Waals surface area contributed by atoms with Crippen LogP contribution in [0.5, 0.6) is 5.75 Å². The number of aromatic nitrogens is 2. The lowest BCUT2D eigenvalue weighted by molar-refractivity contribution is 0.0696. The van der Waals surface area contributed by atoms with Crippen molar-refractivity contribution in [2.24, 2.45) is 0 Å². The molecule has 1 heterocycles. The fourth-order valence-corrected chi connectivity index (χ4v) is 3.45. The first-order valence-corrected chi connectivity index (χ1v) is 9.37. The first-order valence-electron chi connectivity index (χ1n) is 9.37. The maximum Gasteiger partial charge on any atom is 0.335 e. The van der Waals surface area contributed by atoms with Gasteiger partial charge in [0.1, 0.15) is 5.75 Å². The highest BCUT2D eigenvalue weighted by Crippen LogP contribution is 2.29. The lowest BCUT2D eigenvalue weighted by atomic mass is 9.86. The molecule has 0 bridgehead atoms. The van der Waals surface area contributed by atoms with E-state index in [2.05, 4.69) is 9.97 Å². The van der Waals surface area contributed by atoms with Crippen molar-refractivity contribution in [2.75, 3.05) is 6.61 Å². The molecule has 0 aliphatic heterocycles. The molecule has 6 nitrogen and oxygen atoms in total. The topological polar surface area (TPSA) is 92.3 Å². The maximum absolute atomic E-state index is 12.5. The molecule has 1 aliphatic carbocycles. The summed E-state index contributed by atoms with van der Waals surface area (Å²) in [6.45, 7) is 0.521. The van der Waals surface area contributed by atoms with Gasteiger partial charge in [-0.25, -0.2) is 9.78 Å². The normalized spacial score (nSPS) is 14.6. The van der Waals surface area contributed by atoms with Gasteiger partial charge in [0.25, 0.3) is 0 Å². The molecule has 0 radical (unpaired) electrons. The van der Waals surface area contributed by atoms with Crippen molar-refractivity contribution in [2.45, 2.75) is 19.3 Å². The summed E-state index contributed by atoms with van der Waals surface area (Å²) in [7, 11) is 0. The fourth-order valence-electron chi connectivity index (χ4n) is 3.45. The zero-order chi connectivity index (χ0) is 20.2. The van der Waals surface area contributed by atoms with Gasteiger partial charge in [0.2, 0.25) is 0 Å². The van der Waals surface area contributed by atoms with Gasteiger partial charge in [-0.05, 0) is 47.9 Å². The van der Waals surface area contributed by atoms with Crippen LogP contribution in [-0.2, 0) is 12.8 Å². The molecular formula is C23H20N2O4. The van der Waals surface area contributed by atoms with Crippen molar-refractivity contribution in [1.29, 1.82) is 0 Å². The Labute approximate surface area is 167 Å². The van der Waals surface area contributed by atoms with E-state index in [0.717, 1.165) is 40.1 Å². The van der Waals surface area contributed by atoms with E-state index in [0.29, 0.717) is 19.4 Å². The molecule has 0 saturated carbocycles. The highest BCUT2D eigenvalue weighted by atomic mass is 16.5. The van der Waals surface area contributed by atoms with E-state index in [-0.39, 0.29) is 11.3 Å². The zero-order valence-corrected chi connectivity index (χ0v) is 15.7. The van der Waals surface area contributed by atoms with E-state index < -0.39 is 5.97 Å². The smallest absolute Gasteiger partial charge is 0.335 e. The number of fused-ring (bicyclic) bond motifs is 1. The molecule has 0 spiro atoms. The van der Waals surface area contributed by atoms with Crippen molar-refractivity contribution in [3.05, 3.63) is 88.5 Å². The minimum Gasteiger partial charge on any atom is -0.493 e. The number of carboxylic acids is 1. The molecule has 0 saturated heterocycles. The Morgan fingerprint density at radius 2 is 2.00 bits per heavy atom. The molecule has 0 amide bonds. The summed E-state index contributed by atoms with van der Waals surface area (Å²) in [4.78, 5) is 30.5. The number of rotatable bonds is 6. The lowest BCUT2D eigenvalue weighted by Gasteiger charge is -2.19. The first kappa shape index (κ1) is 18.7. The summed E-state index contributed by atoms with van der Waals surface area (Å²) in [5.41, 5.74) is 4.83. The van der Waals surface area contributed by atoms with Gasteiger partial charge in [0.15, 0.2) is 5.78 Å². The number of ether oxygens (including phenoxy) is 1. The van der Waals surface area contributed by atoms with Crippen LogP contribution in [0, 0.1) is 0 Å². The Bertz CT molecular complexity index is 1070. The van der Waals surface area contributed by atoms with Gasteiger partial charge in [-0.3, -0.25) is 4.79 Å². The van der Waals surface area contributed by atoms with E-state index in [4.69, 9.17) is 9.84 Å². The van der Waals surface area contributed by atoms with Crippen LogP contribution < -0.4 is 4.74 Å². The molecule has 0 fully saturated rings. The van der Waals surface area contributed by atoms with Crippen LogP contribution in [0.2, 0.25) is 0 Å². The predicted octanol–water partition coefficient (Wildman–Crippen LogP) is 3.94. The van der Waals surface area contributed by atoms with Crippen molar-refractivity contribution < 1.29 is 19.4 Å². The van der Waals surface area contributed by atoms with E-state index in [9.17, 15) is 9.59 Å². The van der Waals surface area contributed by atoms with Crippen molar-refractivity contribution in [1.82, 2.24) is 9.97 Å². The van der Waals surface area contributed by atoms with Gasteiger partial charge in [-0.1, -0.05) is 23.8 Å². The van der Waals surface area contributed by atoms with E-state index in [1.807, 2.05) is 24.3 Å². The van der Waals surface area contributed by atoms with Crippen LogP contribution in [0.15, 0.2) is 60.6 Å². The van der Waals surface area contributed by atoms with Crippen LogP contribution in [0.4, 0.5) is 0 Å². The SMILES string of the molecule is O=C(O)c1ccc(C=C2CC(=O)c3ccc(OCCc4cnc[nH]4)cc3C2)cc1. The second-order valence-electron chi connectivity index (χ2n) is 7.00. The Morgan fingerprint density at radius 3 is 2.72 bits per heavy atom. The average Bonchev–Trinajstić information content (AvgIpc) is 3.22. The molecule has 2 aromatic carbocycles. The lowest BCUT2D eigenvalue weighted by Crippen LogP contribution is -2.13. The standard InChI is InChI=1S/C23H20N2O4/c26-22-11-16(9-15-1-3-17(4-2-15)23(27)28)10-18-12-20(5-6-21(18)22)29-8-7-19-13-24-14-25-19/h1-6,9,12-14H,7-8,10-11H2,(H,24,25)(H,27,28). The molecule has 146 valence electrons. The number of allylic oxidation sites excluding steroid dienone is 1. The zero-order valence-electron chi connectivity index (χ0n) is 15.7. The molecule has 0 atom stereocenters. The third-order valence-corrected chi connectivity index (χ3v) is 4.91. The minimum absolute atomic E-state index is 0.0867. The van der Waals surface area contributed by atoms with E-state index in [1.165, 1.54) is 0 Å². The molecule has 3 aromatic rings. The average molecular weight is 388 g/mol. The maximum atomic E-state index is 12.5. The monoisotopic (exact) mass is 388 g/mol. The highest BCUT2D eigenvalue weighted by molar-refractivity contribution is 6.01. The summed E-state index contributed by atoms with van der Waals surface area (Å²) < 4.78 is 5.84. The third kappa shape index (κ3) is 4.43. The van der Waals surface area contributed by atoms with Crippen LogP contribution in [0.1, 0.15) is 44.0 Å². The Balaban J connectivity index is 1.47. The number of carbonyl (C=O) groups is 2. The van der Waals surface area contributed by atoms with Gasteiger partial charge in [-0.15, -0.1) is 0 Å². The quantitative estimate of drug-likeness (QED) is 0.667. The third-order valence-electron chi connectivity index (χ3n) is 4.91. The fraction of sp³-hybridized carbons (Fsp3) is 0.174. The molecular weight excluding hydrogens is 368 g/mol. The largest absolute Gasteiger partial charge is 0.493 e. The van der Waals surface area contributed by atoms with Gasteiger partial charge in [0.05, 0.1) is 18.5 Å². The first-order chi connectivity index (χ1) is 14.1. The van der Waals surface area contributed by atoms with E-state index >= 15 is 0 Å². The number of ketones is 1. The molecule has 6 heteroatoms. The summed E-state index contributed by atoms with van der Waals surface area (Å²) in [6, 6.07) is 12.3. The summed E-state index contributed by atoms with van der Waals surface area (Å²) in [6.07, 6.45) is 7.14. The highest BCUT2D eigenvalue weighted by Gasteiger charge is 2.21. The number of Topliss-reactive ketones (excluding diaryl/α,β-unsaturated/α-hetero) is 1. The number of aromatic amines is 1. The summed E-state index contributed by atoms with van der Waals surface area (Å²) in [5, 5.41) is 9.01. The second kappa shape index (κ2) is 8.14. The molecule has 2 N–H and O–H groups in total. The number of benzene rings is 2. The minimum atomic E-state index is -0.953. The van der Waals surface area contributed by atoms with Crippen LogP contribution >= 0.6 is 0 Å². The molecule has 1 aromatic heterocycles. The van der Waals surface area contributed by atoms with Gasteiger partial charge in [-0.2, -0.15) is 0 Å². The van der Waals surface area contributed by atoms with Crippen molar-refractivity contribution >= 4 is 17.8 Å². The van der Waals surface area contributed by atoms with Gasteiger partial charge in [0, 0.05) is 30.3 Å². The van der Waals surface area contributed by atoms with Gasteiger partial charge >= 0.3 is 5.97 Å². The van der Waals surface area contributed by atoms with Crippen LogP contribution in [-0.4, -0.2) is 33.4 Å². The number of nitrogens with zero attached hydrogens (tertiary/aromatic N) is 1. The summed E-state index contributed by atoms with van der Waals surface area (Å²) >= 11 is 0. The molecule has 0 unspecified atom stereocenters. The number of aromatic carboxylic acids is 1. The molecule has 1 aliphatic rings. The number of nitrogens with one attached hydrogen (secondary N) is 1. The number of imidazole rings is 1. The Hall–Kier alpha value is -3.67.